The first-order valence-electron chi connectivity index (χ1n) is 18.0. The highest BCUT2D eigenvalue weighted by Gasteiger charge is 2.49. The van der Waals surface area contributed by atoms with Gasteiger partial charge in [-0.3, -0.25) is 14.6 Å². The van der Waals surface area contributed by atoms with Gasteiger partial charge in [-0.05, 0) is 102 Å². The monoisotopic (exact) mass is 639 g/mol. The van der Waals surface area contributed by atoms with Crippen LogP contribution in [-0.4, -0.2) is 84.1 Å². The molecule has 7 heteroatoms. The summed E-state index contributed by atoms with van der Waals surface area (Å²) in [7, 11) is 1.71. The minimum absolute atomic E-state index is 0.164. The van der Waals surface area contributed by atoms with Crippen molar-refractivity contribution in [1.29, 1.82) is 0 Å². The molecule has 2 N–H and O–H groups in total. The smallest absolute Gasteiger partial charge is 0.232 e. The van der Waals surface area contributed by atoms with Crippen LogP contribution in [0.25, 0.3) is 0 Å². The van der Waals surface area contributed by atoms with E-state index in [2.05, 4.69) is 63.9 Å². The highest BCUT2D eigenvalue weighted by Crippen LogP contribution is 2.43. The predicted octanol–water partition coefficient (Wildman–Crippen LogP) is 6.51. The fraction of sp³-hybridized carbons (Fsp3) is 0.550. The van der Waals surface area contributed by atoms with Crippen LogP contribution in [0.2, 0.25) is 0 Å². The minimum Gasteiger partial charge on any atom is -0.481 e. The highest BCUT2D eigenvalue weighted by atomic mass is 16.5. The minimum atomic E-state index is -0.802. The molecule has 5 rings (SSSR count). The zero-order valence-electron chi connectivity index (χ0n) is 29.0. The van der Waals surface area contributed by atoms with Crippen LogP contribution in [-0.2, 0) is 16.8 Å². The van der Waals surface area contributed by atoms with Gasteiger partial charge in [-0.1, -0.05) is 86.0 Å². The van der Waals surface area contributed by atoms with E-state index in [4.69, 9.17) is 10.5 Å². The van der Waals surface area contributed by atoms with Gasteiger partial charge in [0.2, 0.25) is 11.8 Å². The average molecular weight is 640 g/mol. The number of primary amides is 1. The van der Waals surface area contributed by atoms with E-state index in [9.17, 15) is 4.79 Å². The predicted molar refractivity (Wildman–Crippen MR) is 191 cm³/mol. The van der Waals surface area contributed by atoms with Crippen molar-refractivity contribution in [1.82, 2.24) is 19.7 Å². The van der Waals surface area contributed by atoms with Gasteiger partial charge in [0.15, 0.2) is 0 Å². The topological polar surface area (TPSA) is 74.9 Å². The third-order valence-electron chi connectivity index (χ3n) is 10.7. The maximum Gasteiger partial charge on any atom is 0.232 e. The first-order valence-corrected chi connectivity index (χ1v) is 18.0. The molecule has 47 heavy (non-hydrogen) atoms. The third kappa shape index (κ3) is 8.62. The average Bonchev–Trinajstić information content (AvgIpc) is 3.56. The number of nitrogens with zero attached hydrogens (tertiary/aromatic N) is 4. The molecule has 254 valence electrons. The summed E-state index contributed by atoms with van der Waals surface area (Å²) in [6.07, 6.45) is 11.5. The molecule has 0 spiro atoms. The van der Waals surface area contributed by atoms with E-state index in [0.29, 0.717) is 12.1 Å². The number of hydrogen-bond donors (Lipinski definition) is 1. The van der Waals surface area contributed by atoms with Crippen LogP contribution < -0.4 is 10.5 Å². The zero-order valence-corrected chi connectivity index (χ0v) is 29.0. The summed E-state index contributed by atoms with van der Waals surface area (Å²) in [5, 5.41) is 0. The summed E-state index contributed by atoms with van der Waals surface area (Å²) in [6, 6.07) is 25.8. The van der Waals surface area contributed by atoms with E-state index in [1.165, 1.54) is 57.1 Å². The molecule has 0 saturated carbocycles. The summed E-state index contributed by atoms with van der Waals surface area (Å²) in [4.78, 5) is 25.6. The van der Waals surface area contributed by atoms with Crippen molar-refractivity contribution < 1.29 is 9.53 Å². The van der Waals surface area contributed by atoms with Gasteiger partial charge < -0.3 is 15.4 Å². The van der Waals surface area contributed by atoms with Crippen molar-refractivity contribution in [3.05, 3.63) is 95.7 Å². The summed E-state index contributed by atoms with van der Waals surface area (Å²) in [5.74, 6) is 0.671. The maximum atomic E-state index is 13.4. The van der Waals surface area contributed by atoms with Gasteiger partial charge in [-0.15, -0.1) is 0 Å². The number of methoxy groups -OCH3 is 1. The van der Waals surface area contributed by atoms with E-state index in [0.717, 1.165) is 62.7 Å². The third-order valence-corrected chi connectivity index (χ3v) is 10.7. The number of benzene rings is 2. The number of pyridine rings is 1. The maximum absolute atomic E-state index is 13.4. The second-order valence-electron chi connectivity index (χ2n) is 14.0. The molecule has 3 aromatic rings. The molecular formula is C40H57N5O2. The highest BCUT2D eigenvalue weighted by molar-refractivity contribution is 5.91. The van der Waals surface area contributed by atoms with E-state index in [1.54, 1.807) is 13.3 Å². The molecule has 2 saturated heterocycles. The van der Waals surface area contributed by atoms with Crippen LogP contribution in [0.4, 0.5) is 0 Å². The number of hydrogen-bond acceptors (Lipinski definition) is 6. The lowest BCUT2D eigenvalue weighted by Crippen LogP contribution is -2.49. The molecule has 2 aliphatic rings. The van der Waals surface area contributed by atoms with Crippen molar-refractivity contribution in [2.75, 3.05) is 46.4 Å². The number of aromatic nitrogens is 1. The molecule has 0 unspecified atom stereocenters. The van der Waals surface area contributed by atoms with Gasteiger partial charge >= 0.3 is 0 Å². The molecule has 2 fully saturated rings. The number of carbonyl (C=O) groups is 1. The molecule has 1 atom stereocenters. The standard InChI is InChI=1S/C40H57N5O2/c1-32(2)45(37-22-28-44(29-23-37)30-33-16-15-24-42-38(33)47-3)26-14-6-4-5-13-25-43-27-21-36(31-43)40(39(41)46,34-17-9-7-10-18-34)35-19-11-8-12-20-35/h7-12,15-20,24,32,36-37H,4-6,13-14,21-23,25-31H2,1-3H3,(H2,41,46)/t36-/m1/s1. The second-order valence-corrected chi connectivity index (χ2v) is 14.0. The fourth-order valence-electron chi connectivity index (χ4n) is 8.32. The number of ether oxygens (including phenoxy) is 1. The van der Waals surface area contributed by atoms with Crippen molar-refractivity contribution in [3.8, 4) is 5.88 Å². The van der Waals surface area contributed by atoms with Gasteiger partial charge in [0, 0.05) is 36.9 Å². The quantitative estimate of drug-likeness (QED) is 0.170. The first kappa shape index (κ1) is 35.1. The lowest BCUT2D eigenvalue weighted by atomic mass is 9.64. The molecular weight excluding hydrogens is 582 g/mol. The molecule has 1 aromatic heterocycles. The van der Waals surface area contributed by atoms with Crippen molar-refractivity contribution >= 4 is 5.91 Å². The Morgan fingerprint density at radius 1 is 0.872 bits per heavy atom. The number of carbonyl (C=O) groups excluding carboxylic acids is 1. The lowest BCUT2D eigenvalue weighted by molar-refractivity contribution is -0.123. The van der Waals surface area contributed by atoms with Crippen LogP contribution in [0.15, 0.2) is 79.0 Å². The summed E-state index contributed by atoms with van der Waals surface area (Å²) < 4.78 is 5.47. The lowest BCUT2D eigenvalue weighted by Gasteiger charge is -2.40. The van der Waals surface area contributed by atoms with Gasteiger partial charge in [0.1, 0.15) is 5.41 Å². The number of amides is 1. The van der Waals surface area contributed by atoms with E-state index < -0.39 is 5.41 Å². The zero-order chi connectivity index (χ0) is 33.1. The van der Waals surface area contributed by atoms with Gasteiger partial charge in [0.25, 0.3) is 0 Å². The summed E-state index contributed by atoms with van der Waals surface area (Å²) in [5.41, 5.74) is 8.69. The normalized spacial score (nSPS) is 18.3. The van der Waals surface area contributed by atoms with Gasteiger partial charge in [0.05, 0.1) is 7.11 Å². The van der Waals surface area contributed by atoms with Gasteiger partial charge in [-0.2, -0.15) is 0 Å². The van der Waals surface area contributed by atoms with Crippen LogP contribution in [0.1, 0.15) is 81.9 Å². The summed E-state index contributed by atoms with van der Waals surface area (Å²) in [6.45, 7) is 12.1. The Morgan fingerprint density at radius 3 is 2.11 bits per heavy atom. The molecule has 2 aliphatic heterocycles. The number of piperidine rings is 1. The first-order chi connectivity index (χ1) is 22.9. The molecule has 0 bridgehead atoms. The van der Waals surface area contributed by atoms with Gasteiger partial charge in [-0.25, -0.2) is 4.98 Å². The number of unbranched alkanes of at least 4 members (excludes halogenated alkanes) is 4. The molecule has 2 aromatic carbocycles. The molecule has 7 nitrogen and oxygen atoms in total. The van der Waals surface area contributed by atoms with Crippen molar-refractivity contribution in [2.24, 2.45) is 11.7 Å². The van der Waals surface area contributed by atoms with Crippen molar-refractivity contribution in [2.45, 2.75) is 89.3 Å². The van der Waals surface area contributed by atoms with E-state index in [1.807, 2.05) is 42.5 Å². The molecule has 0 radical (unpaired) electrons. The Kier molecular flexibility index (Phi) is 12.9. The second kappa shape index (κ2) is 17.2. The Balaban J connectivity index is 1.03. The molecule has 0 aliphatic carbocycles. The van der Waals surface area contributed by atoms with E-state index in [-0.39, 0.29) is 11.8 Å². The number of likely N-dealkylation sites (tertiary alicyclic amines) is 2. The largest absolute Gasteiger partial charge is 0.481 e. The number of rotatable bonds is 17. The Labute approximate surface area is 283 Å². The number of nitrogens with two attached hydrogens (primary N) is 1. The Morgan fingerprint density at radius 2 is 1.49 bits per heavy atom. The Bertz CT molecular complexity index is 1320. The SMILES string of the molecule is COc1ncccc1CN1CCC(N(CCCCCCCN2CC[C@@H](C(C(N)=O)(c3ccccc3)c3ccccc3)C2)C(C)C)CC1. The van der Waals surface area contributed by atoms with Crippen LogP contribution >= 0.6 is 0 Å². The fourth-order valence-corrected chi connectivity index (χ4v) is 8.32. The van der Waals surface area contributed by atoms with Crippen LogP contribution in [0.3, 0.4) is 0 Å². The Hall–Kier alpha value is -3.26. The van der Waals surface area contributed by atoms with E-state index >= 15 is 0 Å². The molecule has 3 heterocycles. The molecule has 1 amide bonds. The van der Waals surface area contributed by atoms with Crippen molar-refractivity contribution in [3.63, 3.8) is 0 Å². The van der Waals surface area contributed by atoms with Crippen LogP contribution in [0.5, 0.6) is 5.88 Å². The summed E-state index contributed by atoms with van der Waals surface area (Å²) >= 11 is 0. The van der Waals surface area contributed by atoms with Crippen LogP contribution in [0, 0.1) is 5.92 Å².